The maximum absolute atomic E-state index is 12.9. The number of amides is 1. The van der Waals surface area contributed by atoms with E-state index in [1.807, 2.05) is 35.0 Å². The second-order valence-electron chi connectivity index (χ2n) is 8.98. The second kappa shape index (κ2) is 7.40. The van der Waals surface area contributed by atoms with Crippen molar-refractivity contribution >= 4 is 11.9 Å². The van der Waals surface area contributed by atoms with Gasteiger partial charge < -0.3 is 14.7 Å². The van der Waals surface area contributed by atoms with Gasteiger partial charge in [0.05, 0.1) is 5.69 Å². The fourth-order valence-corrected chi connectivity index (χ4v) is 5.66. The topological polar surface area (TPSA) is 70.4 Å². The Bertz CT molecular complexity index is 867. The number of rotatable bonds is 4. The maximum Gasteiger partial charge on any atom is 0.250 e. The summed E-state index contributed by atoms with van der Waals surface area (Å²) in [6.07, 6.45) is 4.02. The van der Waals surface area contributed by atoms with E-state index in [0.29, 0.717) is 30.2 Å². The molecule has 3 fully saturated rings. The van der Waals surface area contributed by atoms with Gasteiger partial charge in [0.2, 0.25) is 11.9 Å². The number of hydrogen-bond donors (Lipinski definition) is 0. The van der Waals surface area contributed by atoms with Crippen LogP contribution in [0.3, 0.4) is 0 Å². The minimum atomic E-state index is 0.267. The zero-order valence-corrected chi connectivity index (χ0v) is 17.2. The molecule has 3 aliphatic heterocycles. The van der Waals surface area contributed by atoms with Crippen molar-refractivity contribution in [3.05, 3.63) is 30.3 Å². The lowest BCUT2D eigenvalue weighted by molar-refractivity contribution is -0.149. The number of piperidine rings is 3. The lowest BCUT2D eigenvalue weighted by atomic mass is 9.72. The highest BCUT2D eigenvalue weighted by molar-refractivity contribution is 5.78. The molecule has 3 aliphatic rings. The molecule has 0 saturated carbocycles. The Morgan fingerprint density at radius 2 is 1.93 bits per heavy atom. The predicted octanol–water partition coefficient (Wildman–Crippen LogP) is 1.43. The molecule has 0 radical (unpaired) electrons. The summed E-state index contributed by atoms with van der Waals surface area (Å²) in [7, 11) is 4.21. The largest absolute Gasteiger partial charge is 0.339 e. The number of aromatic nitrogens is 4. The highest BCUT2D eigenvalue weighted by Crippen LogP contribution is 2.42. The molecule has 0 unspecified atom stereocenters. The highest BCUT2D eigenvalue weighted by atomic mass is 16.2. The number of fused-ring (bicyclic) bond motifs is 4. The van der Waals surface area contributed by atoms with Gasteiger partial charge in [0.25, 0.3) is 0 Å². The Morgan fingerprint density at radius 3 is 2.72 bits per heavy atom. The van der Waals surface area contributed by atoms with Crippen LogP contribution in [0.15, 0.2) is 30.3 Å². The summed E-state index contributed by atoms with van der Waals surface area (Å²) in [5.74, 6) is 2.09. The van der Waals surface area contributed by atoms with E-state index in [0.717, 1.165) is 44.1 Å². The van der Waals surface area contributed by atoms with Crippen molar-refractivity contribution < 1.29 is 4.79 Å². The molecule has 0 aliphatic carbocycles. The number of benzene rings is 1. The molecule has 3 saturated heterocycles. The van der Waals surface area contributed by atoms with E-state index in [-0.39, 0.29) is 6.04 Å². The fraction of sp³-hybridized carbons (Fsp3) is 0.619. The van der Waals surface area contributed by atoms with Crippen molar-refractivity contribution in [3.63, 3.8) is 0 Å². The van der Waals surface area contributed by atoms with Gasteiger partial charge >= 0.3 is 0 Å². The fourth-order valence-electron chi connectivity index (χ4n) is 5.66. The zero-order valence-electron chi connectivity index (χ0n) is 17.2. The summed E-state index contributed by atoms with van der Waals surface area (Å²) in [4.78, 5) is 19.7. The smallest absolute Gasteiger partial charge is 0.250 e. The van der Waals surface area contributed by atoms with Crippen LogP contribution >= 0.6 is 0 Å². The zero-order chi connectivity index (χ0) is 20.0. The molecule has 1 aromatic carbocycles. The number of likely N-dealkylation sites (N-methyl/N-ethyl adjacent to an activating group) is 1. The van der Waals surface area contributed by atoms with Gasteiger partial charge in [-0.3, -0.25) is 4.79 Å². The van der Waals surface area contributed by atoms with Gasteiger partial charge in [-0.1, -0.05) is 23.3 Å². The third-order valence-electron chi connectivity index (χ3n) is 6.79. The molecule has 1 amide bonds. The summed E-state index contributed by atoms with van der Waals surface area (Å²) < 4.78 is 1.84. The first-order valence-corrected chi connectivity index (χ1v) is 10.7. The molecular formula is C21H29N7O. The highest BCUT2D eigenvalue weighted by Gasteiger charge is 2.50. The minimum absolute atomic E-state index is 0.267. The Hall–Kier alpha value is -2.48. The molecule has 1 aromatic heterocycles. The van der Waals surface area contributed by atoms with E-state index in [1.165, 1.54) is 6.42 Å². The van der Waals surface area contributed by atoms with Gasteiger partial charge in [-0.25, -0.2) is 0 Å². The lowest BCUT2D eigenvalue weighted by Gasteiger charge is -2.57. The number of hydrogen-bond acceptors (Lipinski definition) is 6. The van der Waals surface area contributed by atoms with Crippen LogP contribution in [-0.4, -0.2) is 81.7 Å². The quantitative estimate of drug-likeness (QED) is 0.780. The first-order chi connectivity index (χ1) is 14.1. The van der Waals surface area contributed by atoms with E-state index in [4.69, 9.17) is 0 Å². The van der Waals surface area contributed by atoms with E-state index < -0.39 is 0 Å². The number of para-hydroxylation sites is 1. The standard InChI is InChI=1S/C21H29N7O/c1-25(2)14-19-16-11-15(18-9-6-10-20(29)27(18)19)12-26(13-16)21-22-23-24-28(21)17-7-4-3-5-8-17/h3-5,7-8,15-16,18-19H,6,9-14H2,1-2H3/t15-,16+,18+,19+/m1/s1. The van der Waals surface area contributed by atoms with Crippen molar-refractivity contribution in [2.45, 2.75) is 37.8 Å². The molecule has 8 heteroatoms. The van der Waals surface area contributed by atoms with Crippen LogP contribution in [0.1, 0.15) is 25.7 Å². The van der Waals surface area contributed by atoms with Crippen LogP contribution in [0.4, 0.5) is 5.95 Å². The van der Waals surface area contributed by atoms with E-state index >= 15 is 0 Å². The van der Waals surface area contributed by atoms with E-state index in [1.54, 1.807) is 0 Å². The van der Waals surface area contributed by atoms with Gasteiger partial charge in [0.15, 0.2) is 0 Å². The Morgan fingerprint density at radius 1 is 1.14 bits per heavy atom. The van der Waals surface area contributed by atoms with Crippen molar-refractivity contribution in [1.29, 1.82) is 0 Å². The van der Waals surface area contributed by atoms with Crippen molar-refractivity contribution in [1.82, 2.24) is 30.0 Å². The van der Waals surface area contributed by atoms with E-state index in [9.17, 15) is 4.79 Å². The molecule has 2 aromatic rings. The van der Waals surface area contributed by atoms with Crippen molar-refractivity contribution in [2.24, 2.45) is 11.8 Å². The van der Waals surface area contributed by atoms with Gasteiger partial charge in [0, 0.05) is 38.1 Å². The first kappa shape index (κ1) is 18.5. The van der Waals surface area contributed by atoms with Crippen LogP contribution in [0, 0.1) is 11.8 Å². The van der Waals surface area contributed by atoms with Crippen molar-refractivity contribution in [3.8, 4) is 5.69 Å². The van der Waals surface area contributed by atoms with Gasteiger partial charge in [-0.05, 0) is 67.8 Å². The molecule has 8 nitrogen and oxygen atoms in total. The second-order valence-corrected chi connectivity index (χ2v) is 8.98. The third kappa shape index (κ3) is 3.29. The number of carbonyl (C=O) groups excluding carboxylic acids is 1. The molecular weight excluding hydrogens is 366 g/mol. The molecule has 2 bridgehead atoms. The molecule has 0 spiro atoms. The molecule has 154 valence electrons. The molecule has 4 heterocycles. The predicted molar refractivity (Wildman–Crippen MR) is 110 cm³/mol. The lowest BCUT2D eigenvalue weighted by Crippen LogP contribution is -2.67. The Kier molecular flexibility index (Phi) is 4.73. The first-order valence-electron chi connectivity index (χ1n) is 10.7. The summed E-state index contributed by atoms with van der Waals surface area (Å²) >= 11 is 0. The van der Waals surface area contributed by atoms with Crippen LogP contribution < -0.4 is 4.90 Å². The number of anilines is 1. The third-order valence-corrected chi connectivity index (χ3v) is 6.79. The summed E-state index contributed by atoms with van der Waals surface area (Å²) in [6, 6.07) is 10.7. The Labute approximate surface area is 171 Å². The Balaban J connectivity index is 1.47. The summed E-state index contributed by atoms with van der Waals surface area (Å²) in [5, 5.41) is 12.6. The van der Waals surface area contributed by atoms with Crippen LogP contribution in [0.2, 0.25) is 0 Å². The molecule has 4 atom stereocenters. The molecule has 0 N–H and O–H groups in total. The molecule has 29 heavy (non-hydrogen) atoms. The van der Waals surface area contributed by atoms with Crippen LogP contribution in [-0.2, 0) is 4.79 Å². The van der Waals surface area contributed by atoms with E-state index in [2.05, 4.69) is 44.3 Å². The maximum atomic E-state index is 12.9. The molecule has 5 rings (SSSR count). The van der Waals surface area contributed by atoms with Gasteiger partial charge in [0.1, 0.15) is 0 Å². The average molecular weight is 396 g/mol. The SMILES string of the molecule is CN(C)C[C@H]1[C@H]2C[C@H](CN(c3nnnn3-c3ccccc3)C2)[C@@H]2CCCC(=O)N21. The van der Waals surface area contributed by atoms with Gasteiger partial charge in [-0.2, -0.15) is 4.68 Å². The van der Waals surface area contributed by atoms with Crippen molar-refractivity contribution in [2.75, 3.05) is 38.6 Å². The monoisotopic (exact) mass is 395 g/mol. The average Bonchev–Trinajstić information content (AvgIpc) is 3.21. The number of nitrogens with zero attached hydrogens (tertiary/aromatic N) is 7. The van der Waals surface area contributed by atoms with Crippen LogP contribution in [0.5, 0.6) is 0 Å². The number of tetrazole rings is 1. The summed E-state index contributed by atoms with van der Waals surface area (Å²) in [6.45, 7) is 2.71. The number of carbonyl (C=O) groups is 1. The minimum Gasteiger partial charge on any atom is -0.339 e. The summed E-state index contributed by atoms with van der Waals surface area (Å²) in [5.41, 5.74) is 0.975. The van der Waals surface area contributed by atoms with Crippen LogP contribution in [0.25, 0.3) is 5.69 Å². The normalized spacial score (nSPS) is 29.3. The van der Waals surface area contributed by atoms with Gasteiger partial charge in [-0.15, -0.1) is 0 Å².